The van der Waals surface area contributed by atoms with Crippen molar-refractivity contribution in [2.24, 2.45) is 11.7 Å². The third-order valence-corrected chi connectivity index (χ3v) is 4.09. The summed E-state index contributed by atoms with van der Waals surface area (Å²) in [6.07, 6.45) is 5.13. The molecule has 1 aromatic rings. The van der Waals surface area contributed by atoms with Crippen molar-refractivity contribution in [2.45, 2.75) is 38.1 Å². The van der Waals surface area contributed by atoms with E-state index < -0.39 is 5.54 Å². The molecule has 2 rings (SSSR count). The zero-order chi connectivity index (χ0) is 13.2. The number of rotatable bonds is 3. The lowest BCUT2D eigenvalue weighted by atomic mass is 9.77. The Balaban J connectivity index is 2.12. The number of nitrogens with two attached hydrogens (primary N) is 1. The molecule has 0 unspecified atom stereocenters. The highest BCUT2D eigenvalue weighted by atomic mass is 32.1. The Morgan fingerprint density at radius 3 is 2.72 bits per heavy atom. The topological polar surface area (TPSA) is 68.3 Å². The smallest absolute Gasteiger partial charge is 0.287 e. The summed E-state index contributed by atoms with van der Waals surface area (Å²) in [7, 11) is 0. The average Bonchev–Trinajstić information content (AvgIpc) is 2.85. The fourth-order valence-corrected chi connectivity index (χ4v) is 2.63. The van der Waals surface area contributed by atoms with Gasteiger partial charge in [0.05, 0.1) is 16.8 Å². The van der Waals surface area contributed by atoms with Crippen molar-refractivity contribution >= 4 is 23.1 Å². The molecule has 0 saturated heterocycles. The van der Waals surface area contributed by atoms with Crippen LogP contribution in [-0.2, 0) is 0 Å². The van der Waals surface area contributed by atoms with E-state index in [4.69, 9.17) is 22.4 Å². The first-order valence-electron chi connectivity index (χ1n) is 6.19. The van der Waals surface area contributed by atoms with E-state index in [0.29, 0.717) is 16.7 Å². The van der Waals surface area contributed by atoms with Crippen LogP contribution >= 0.6 is 12.2 Å². The van der Waals surface area contributed by atoms with Crippen molar-refractivity contribution in [3.8, 4) is 0 Å². The van der Waals surface area contributed by atoms with E-state index in [1.54, 1.807) is 12.1 Å². The van der Waals surface area contributed by atoms with Gasteiger partial charge in [0.2, 0.25) is 0 Å². The molecule has 4 nitrogen and oxygen atoms in total. The Hall–Kier alpha value is -1.36. The highest BCUT2D eigenvalue weighted by molar-refractivity contribution is 7.80. The van der Waals surface area contributed by atoms with Gasteiger partial charge in [0.1, 0.15) is 0 Å². The molecule has 1 saturated carbocycles. The highest BCUT2D eigenvalue weighted by Gasteiger charge is 2.38. The van der Waals surface area contributed by atoms with Crippen LogP contribution in [0.2, 0.25) is 0 Å². The fourth-order valence-electron chi connectivity index (χ4n) is 2.37. The molecule has 98 valence electrons. The summed E-state index contributed by atoms with van der Waals surface area (Å²) in [4.78, 5) is 12.4. The molecule has 0 spiro atoms. The molecule has 0 bridgehead atoms. The number of carbonyl (C=O) groups excluding carboxylic acids is 1. The maximum absolute atomic E-state index is 12.0. The second-order valence-electron chi connectivity index (χ2n) is 5.06. The number of carbonyl (C=O) groups is 1. The van der Waals surface area contributed by atoms with Gasteiger partial charge in [0, 0.05) is 0 Å². The van der Waals surface area contributed by atoms with Crippen molar-refractivity contribution in [1.82, 2.24) is 5.32 Å². The summed E-state index contributed by atoms with van der Waals surface area (Å²) in [5.74, 6) is 0.708. The summed E-state index contributed by atoms with van der Waals surface area (Å²) in [5, 5.41) is 2.96. The van der Waals surface area contributed by atoms with E-state index in [9.17, 15) is 4.79 Å². The summed E-state index contributed by atoms with van der Waals surface area (Å²) >= 11 is 5.15. The van der Waals surface area contributed by atoms with Gasteiger partial charge in [-0.15, -0.1) is 0 Å². The molecule has 0 aliphatic heterocycles. The molecule has 1 amide bonds. The fraction of sp³-hybridized carbons (Fsp3) is 0.538. The number of amides is 1. The van der Waals surface area contributed by atoms with Crippen LogP contribution in [0.25, 0.3) is 0 Å². The number of hydrogen-bond donors (Lipinski definition) is 2. The lowest BCUT2D eigenvalue weighted by molar-refractivity contribution is 0.0872. The first-order chi connectivity index (χ1) is 8.53. The van der Waals surface area contributed by atoms with E-state index in [1.165, 1.54) is 6.26 Å². The van der Waals surface area contributed by atoms with Crippen LogP contribution in [0, 0.1) is 5.92 Å². The molecule has 1 fully saturated rings. The molecule has 0 radical (unpaired) electrons. The van der Waals surface area contributed by atoms with Crippen molar-refractivity contribution in [3.63, 3.8) is 0 Å². The van der Waals surface area contributed by atoms with E-state index >= 15 is 0 Å². The van der Waals surface area contributed by atoms with Crippen molar-refractivity contribution in [1.29, 1.82) is 0 Å². The molecule has 1 heterocycles. The molecule has 1 aliphatic rings. The largest absolute Gasteiger partial charge is 0.459 e. The van der Waals surface area contributed by atoms with Crippen LogP contribution in [0.3, 0.4) is 0 Å². The van der Waals surface area contributed by atoms with Crippen LogP contribution in [0.1, 0.15) is 43.2 Å². The van der Waals surface area contributed by atoms with Gasteiger partial charge in [-0.25, -0.2) is 0 Å². The van der Waals surface area contributed by atoms with Gasteiger partial charge in [0.25, 0.3) is 5.91 Å². The van der Waals surface area contributed by atoms with Crippen molar-refractivity contribution in [2.75, 3.05) is 0 Å². The van der Waals surface area contributed by atoms with E-state index in [1.807, 2.05) is 0 Å². The molecule has 18 heavy (non-hydrogen) atoms. The predicted molar refractivity (Wildman–Crippen MR) is 73.3 cm³/mol. The van der Waals surface area contributed by atoms with Crippen molar-refractivity contribution < 1.29 is 9.21 Å². The minimum atomic E-state index is -0.550. The first kappa shape index (κ1) is 13.1. The van der Waals surface area contributed by atoms with Gasteiger partial charge in [-0.05, 0) is 43.7 Å². The monoisotopic (exact) mass is 266 g/mol. The van der Waals surface area contributed by atoms with Gasteiger partial charge in [0.15, 0.2) is 5.76 Å². The molecule has 0 atom stereocenters. The molecule has 0 aromatic carbocycles. The molecule has 1 aliphatic carbocycles. The Bertz CT molecular complexity index is 434. The van der Waals surface area contributed by atoms with E-state index in [-0.39, 0.29) is 5.91 Å². The standard InChI is InChI=1S/C13H18N2O2S/c1-9-4-6-13(7-5-9,12(14)18)15-11(16)10-3-2-8-17-10/h2-3,8-9H,4-7H2,1H3,(H2,14,18)(H,15,16). The average molecular weight is 266 g/mol. The van der Waals surface area contributed by atoms with Crippen molar-refractivity contribution in [3.05, 3.63) is 24.2 Å². The number of hydrogen-bond acceptors (Lipinski definition) is 3. The van der Waals surface area contributed by atoms with Gasteiger partial charge < -0.3 is 15.5 Å². The van der Waals surface area contributed by atoms with Crippen LogP contribution in [-0.4, -0.2) is 16.4 Å². The number of furan rings is 1. The van der Waals surface area contributed by atoms with E-state index in [2.05, 4.69) is 12.2 Å². The van der Waals surface area contributed by atoms with Gasteiger partial charge in [-0.2, -0.15) is 0 Å². The zero-order valence-corrected chi connectivity index (χ0v) is 11.3. The van der Waals surface area contributed by atoms with Crippen LogP contribution < -0.4 is 11.1 Å². The highest BCUT2D eigenvalue weighted by Crippen LogP contribution is 2.32. The molecule has 3 N–H and O–H groups in total. The van der Waals surface area contributed by atoms with Gasteiger partial charge in [-0.1, -0.05) is 19.1 Å². The molecular weight excluding hydrogens is 248 g/mol. The second-order valence-corrected chi connectivity index (χ2v) is 5.50. The Labute approximate surface area is 112 Å². The number of nitrogens with one attached hydrogen (secondary N) is 1. The normalized spacial score (nSPS) is 27.7. The second kappa shape index (κ2) is 5.10. The minimum absolute atomic E-state index is 0.248. The maximum atomic E-state index is 12.0. The third-order valence-electron chi connectivity index (χ3n) is 3.70. The summed E-state index contributed by atoms with van der Waals surface area (Å²) in [5.41, 5.74) is 5.29. The van der Waals surface area contributed by atoms with Crippen LogP contribution in [0.5, 0.6) is 0 Å². The molecule has 1 aromatic heterocycles. The summed E-state index contributed by atoms with van der Waals surface area (Å²) in [6.45, 7) is 2.21. The lowest BCUT2D eigenvalue weighted by Crippen LogP contribution is -2.58. The third kappa shape index (κ3) is 2.56. The Kier molecular flexibility index (Phi) is 3.71. The summed E-state index contributed by atoms with van der Waals surface area (Å²) < 4.78 is 5.09. The van der Waals surface area contributed by atoms with Gasteiger partial charge in [-0.3, -0.25) is 4.79 Å². The minimum Gasteiger partial charge on any atom is -0.459 e. The Morgan fingerprint density at radius 1 is 1.56 bits per heavy atom. The van der Waals surface area contributed by atoms with Crippen LogP contribution in [0.15, 0.2) is 22.8 Å². The SMILES string of the molecule is CC1CCC(NC(=O)c2ccco2)(C(N)=S)CC1. The number of thiocarbonyl (C=S) groups is 1. The molecular formula is C13H18N2O2S. The van der Waals surface area contributed by atoms with Gasteiger partial charge >= 0.3 is 0 Å². The maximum Gasteiger partial charge on any atom is 0.287 e. The zero-order valence-electron chi connectivity index (χ0n) is 10.4. The Morgan fingerprint density at radius 2 is 2.22 bits per heavy atom. The molecule has 5 heteroatoms. The van der Waals surface area contributed by atoms with E-state index in [0.717, 1.165) is 25.7 Å². The first-order valence-corrected chi connectivity index (χ1v) is 6.60. The summed E-state index contributed by atoms with van der Waals surface area (Å²) in [6, 6.07) is 3.32. The lowest BCUT2D eigenvalue weighted by Gasteiger charge is -2.39. The quantitative estimate of drug-likeness (QED) is 0.823. The van der Waals surface area contributed by atoms with Crippen LogP contribution in [0.4, 0.5) is 0 Å². The predicted octanol–water partition coefficient (Wildman–Crippen LogP) is 2.24.